The van der Waals surface area contributed by atoms with Crippen molar-refractivity contribution in [2.45, 2.75) is 6.54 Å². The lowest BCUT2D eigenvalue weighted by Crippen LogP contribution is -2.16. The Bertz CT molecular complexity index is 499. The second-order valence-corrected chi connectivity index (χ2v) is 4.32. The minimum Gasteiger partial charge on any atom is -0.496 e. The summed E-state index contributed by atoms with van der Waals surface area (Å²) >= 11 is 4.20. The zero-order valence-corrected chi connectivity index (χ0v) is 10.8. The van der Waals surface area contributed by atoms with Gasteiger partial charge in [0.25, 0.3) is 0 Å². The standard InChI is InChI=1S/C14H17NOS/c1-16-14-7-6-11-4-2-3-5-12(11)13(14)10-15-8-9-17/h2-7,15,17H,8-10H2,1H3. The predicted octanol–water partition coefficient (Wildman–Crippen LogP) is 2.87. The molecule has 2 nitrogen and oxygen atoms in total. The highest BCUT2D eigenvalue weighted by Crippen LogP contribution is 2.27. The monoisotopic (exact) mass is 247 g/mol. The molecular formula is C14H17NOS. The van der Waals surface area contributed by atoms with Gasteiger partial charge < -0.3 is 10.1 Å². The quantitative estimate of drug-likeness (QED) is 0.626. The largest absolute Gasteiger partial charge is 0.496 e. The van der Waals surface area contributed by atoms with E-state index >= 15 is 0 Å². The van der Waals surface area contributed by atoms with Crippen LogP contribution in [0.25, 0.3) is 10.8 Å². The molecule has 0 bridgehead atoms. The molecule has 0 spiro atoms. The average molecular weight is 247 g/mol. The zero-order chi connectivity index (χ0) is 12.1. The van der Waals surface area contributed by atoms with Crippen molar-refractivity contribution in [2.24, 2.45) is 0 Å². The normalized spacial score (nSPS) is 10.7. The van der Waals surface area contributed by atoms with E-state index in [1.165, 1.54) is 16.3 Å². The smallest absolute Gasteiger partial charge is 0.123 e. The zero-order valence-electron chi connectivity index (χ0n) is 9.94. The Balaban J connectivity index is 2.40. The maximum atomic E-state index is 5.43. The van der Waals surface area contributed by atoms with E-state index in [1.54, 1.807) is 7.11 Å². The van der Waals surface area contributed by atoms with Crippen LogP contribution in [0.1, 0.15) is 5.56 Å². The number of hydrogen-bond acceptors (Lipinski definition) is 3. The lowest BCUT2D eigenvalue weighted by atomic mass is 10.0. The van der Waals surface area contributed by atoms with E-state index in [2.05, 4.69) is 48.3 Å². The molecule has 0 radical (unpaired) electrons. The van der Waals surface area contributed by atoms with Gasteiger partial charge in [0.2, 0.25) is 0 Å². The van der Waals surface area contributed by atoms with E-state index in [-0.39, 0.29) is 0 Å². The third kappa shape index (κ3) is 2.73. The van der Waals surface area contributed by atoms with Crippen molar-refractivity contribution in [3.63, 3.8) is 0 Å². The molecule has 0 atom stereocenters. The average Bonchev–Trinajstić information content (AvgIpc) is 2.39. The lowest BCUT2D eigenvalue weighted by Gasteiger charge is -2.12. The predicted molar refractivity (Wildman–Crippen MR) is 76.1 cm³/mol. The summed E-state index contributed by atoms with van der Waals surface area (Å²) in [6, 6.07) is 12.5. The van der Waals surface area contributed by atoms with Crippen molar-refractivity contribution >= 4 is 23.4 Å². The molecule has 0 amide bonds. The van der Waals surface area contributed by atoms with Crippen LogP contribution in [0.4, 0.5) is 0 Å². The number of methoxy groups -OCH3 is 1. The van der Waals surface area contributed by atoms with E-state index in [0.717, 1.165) is 24.6 Å². The molecule has 3 heteroatoms. The van der Waals surface area contributed by atoms with E-state index in [4.69, 9.17) is 4.74 Å². The molecule has 17 heavy (non-hydrogen) atoms. The van der Waals surface area contributed by atoms with Gasteiger partial charge >= 0.3 is 0 Å². The van der Waals surface area contributed by atoms with Gasteiger partial charge in [-0.05, 0) is 16.8 Å². The van der Waals surface area contributed by atoms with E-state index in [1.807, 2.05) is 6.07 Å². The third-order valence-electron chi connectivity index (χ3n) is 2.81. The third-order valence-corrected chi connectivity index (χ3v) is 3.03. The molecule has 0 aliphatic heterocycles. The fourth-order valence-electron chi connectivity index (χ4n) is 1.98. The molecular weight excluding hydrogens is 230 g/mol. The molecule has 0 aliphatic rings. The lowest BCUT2D eigenvalue weighted by molar-refractivity contribution is 0.409. The van der Waals surface area contributed by atoms with Gasteiger partial charge in [-0.25, -0.2) is 0 Å². The van der Waals surface area contributed by atoms with Crippen LogP contribution in [0.2, 0.25) is 0 Å². The Kier molecular flexibility index (Phi) is 4.29. The van der Waals surface area contributed by atoms with Crippen molar-refractivity contribution in [3.05, 3.63) is 42.0 Å². The van der Waals surface area contributed by atoms with Gasteiger partial charge in [0.1, 0.15) is 5.75 Å². The SMILES string of the molecule is COc1ccc2ccccc2c1CNCCS. The Morgan fingerprint density at radius 1 is 1.18 bits per heavy atom. The first-order valence-corrected chi connectivity index (χ1v) is 6.36. The molecule has 0 unspecified atom stereocenters. The Morgan fingerprint density at radius 2 is 2.00 bits per heavy atom. The number of nitrogens with one attached hydrogen (secondary N) is 1. The van der Waals surface area contributed by atoms with E-state index in [0.29, 0.717) is 0 Å². The number of fused-ring (bicyclic) bond motifs is 1. The maximum Gasteiger partial charge on any atom is 0.123 e. The molecule has 2 aromatic carbocycles. The Hall–Kier alpha value is -1.19. The molecule has 2 rings (SSSR count). The van der Waals surface area contributed by atoms with Crippen LogP contribution in [-0.2, 0) is 6.54 Å². The summed E-state index contributed by atoms with van der Waals surface area (Å²) in [5.74, 6) is 1.78. The molecule has 0 heterocycles. The second kappa shape index (κ2) is 5.94. The van der Waals surface area contributed by atoms with E-state index in [9.17, 15) is 0 Å². The van der Waals surface area contributed by atoms with Crippen LogP contribution < -0.4 is 10.1 Å². The first kappa shape index (κ1) is 12.3. The summed E-state index contributed by atoms with van der Waals surface area (Å²) in [6.45, 7) is 1.71. The second-order valence-electron chi connectivity index (χ2n) is 3.87. The summed E-state index contributed by atoms with van der Waals surface area (Å²) in [4.78, 5) is 0. The van der Waals surface area contributed by atoms with Crippen molar-refractivity contribution < 1.29 is 4.74 Å². The van der Waals surface area contributed by atoms with Crippen LogP contribution in [0.5, 0.6) is 5.75 Å². The van der Waals surface area contributed by atoms with Crippen LogP contribution in [-0.4, -0.2) is 19.4 Å². The Labute approximate surface area is 107 Å². The number of hydrogen-bond donors (Lipinski definition) is 2. The minimum absolute atomic E-state index is 0.811. The van der Waals surface area contributed by atoms with Crippen LogP contribution >= 0.6 is 12.6 Å². The molecule has 0 fully saturated rings. The van der Waals surface area contributed by atoms with Gasteiger partial charge in [-0.15, -0.1) is 0 Å². The Morgan fingerprint density at radius 3 is 2.76 bits per heavy atom. The fourth-order valence-corrected chi connectivity index (χ4v) is 2.14. The van der Waals surface area contributed by atoms with Crippen molar-refractivity contribution in [1.82, 2.24) is 5.32 Å². The van der Waals surface area contributed by atoms with Crippen molar-refractivity contribution in [1.29, 1.82) is 0 Å². The van der Waals surface area contributed by atoms with Gasteiger partial charge in [-0.2, -0.15) is 12.6 Å². The first-order chi connectivity index (χ1) is 8.36. The molecule has 1 N–H and O–H groups in total. The molecule has 0 aliphatic carbocycles. The van der Waals surface area contributed by atoms with Crippen LogP contribution in [0, 0.1) is 0 Å². The van der Waals surface area contributed by atoms with Crippen LogP contribution in [0.3, 0.4) is 0 Å². The summed E-state index contributed by atoms with van der Waals surface area (Å²) in [5, 5.41) is 5.86. The fraction of sp³-hybridized carbons (Fsp3) is 0.286. The van der Waals surface area contributed by atoms with Gasteiger partial charge in [0.15, 0.2) is 0 Å². The maximum absolute atomic E-state index is 5.43. The minimum atomic E-state index is 0.811. The highest BCUT2D eigenvalue weighted by molar-refractivity contribution is 7.80. The summed E-state index contributed by atoms with van der Waals surface area (Å²) in [6.07, 6.45) is 0. The van der Waals surface area contributed by atoms with Gasteiger partial charge in [0, 0.05) is 24.4 Å². The number of rotatable bonds is 5. The first-order valence-electron chi connectivity index (χ1n) is 5.73. The molecule has 2 aromatic rings. The van der Waals surface area contributed by atoms with Crippen molar-refractivity contribution in [2.75, 3.05) is 19.4 Å². The molecule has 90 valence electrons. The molecule has 0 saturated heterocycles. The van der Waals surface area contributed by atoms with Gasteiger partial charge in [0.05, 0.1) is 7.11 Å². The molecule has 0 aromatic heterocycles. The highest BCUT2D eigenvalue weighted by Gasteiger charge is 2.07. The number of benzene rings is 2. The summed E-state index contributed by atoms with van der Waals surface area (Å²) < 4.78 is 5.43. The highest BCUT2D eigenvalue weighted by atomic mass is 32.1. The number of thiol groups is 1. The molecule has 0 saturated carbocycles. The topological polar surface area (TPSA) is 21.3 Å². The van der Waals surface area contributed by atoms with E-state index < -0.39 is 0 Å². The van der Waals surface area contributed by atoms with Crippen molar-refractivity contribution in [3.8, 4) is 5.75 Å². The van der Waals surface area contributed by atoms with Gasteiger partial charge in [-0.3, -0.25) is 0 Å². The van der Waals surface area contributed by atoms with Crippen LogP contribution in [0.15, 0.2) is 36.4 Å². The summed E-state index contributed by atoms with van der Waals surface area (Å²) in [5.41, 5.74) is 1.22. The van der Waals surface area contributed by atoms with Gasteiger partial charge in [-0.1, -0.05) is 30.3 Å². The summed E-state index contributed by atoms with van der Waals surface area (Å²) in [7, 11) is 1.71. The number of ether oxygens (including phenoxy) is 1.